The summed E-state index contributed by atoms with van der Waals surface area (Å²) in [5, 5.41) is 0. The van der Waals surface area contributed by atoms with Crippen molar-refractivity contribution in [3.05, 3.63) is 59.2 Å². The lowest BCUT2D eigenvalue weighted by Gasteiger charge is -2.13. The van der Waals surface area contributed by atoms with E-state index in [9.17, 15) is 18.0 Å². The molecular formula is C16H13F3O2. The second kappa shape index (κ2) is 5.99. The van der Waals surface area contributed by atoms with Crippen molar-refractivity contribution in [1.82, 2.24) is 0 Å². The van der Waals surface area contributed by atoms with E-state index in [-0.39, 0.29) is 12.0 Å². The molecule has 0 saturated heterocycles. The number of carbonyl (C=O) groups is 1. The number of aryl methyl sites for hydroxylation is 1. The van der Waals surface area contributed by atoms with Gasteiger partial charge in [0.15, 0.2) is 6.29 Å². The number of benzene rings is 2. The molecule has 0 spiro atoms. The number of aldehydes is 1. The monoisotopic (exact) mass is 294 g/mol. The minimum atomic E-state index is -4.60. The fourth-order valence-electron chi connectivity index (χ4n) is 1.97. The Bertz CT molecular complexity index is 648. The van der Waals surface area contributed by atoms with Gasteiger partial charge in [-0.05, 0) is 36.2 Å². The van der Waals surface area contributed by atoms with Crippen molar-refractivity contribution >= 4 is 6.29 Å². The molecule has 110 valence electrons. The zero-order valence-electron chi connectivity index (χ0n) is 11.3. The quantitative estimate of drug-likeness (QED) is 0.752. The smallest absolute Gasteiger partial charge is 0.417 e. The number of alkyl halides is 3. The number of hydrogen-bond donors (Lipinski definition) is 0. The van der Waals surface area contributed by atoms with Gasteiger partial charge in [-0.1, -0.05) is 25.1 Å². The normalized spacial score (nSPS) is 11.2. The Hall–Kier alpha value is -2.30. The summed E-state index contributed by atoms with van der Waals surface area (Å²) in [5.74, 6) is 0.556. The van der Waals surface area contributed by atoms with E-state index in [1.54, 1.807) is 12.1 Å². The molecule has 21 heavy (non-hydrogen) atoms. The van der Waals surface area contributed by atoms with Crippen LogP contribution in [0, 0.1) is 0 Å². The van der Waals surface area contributed by atoms with Gasteiger partial charge in [-0.25, -0.2) is 0 Å². The Morgan fingerprint density at radius 2 is 1.86 bits per heavy atom. The molecule has 0 aliphatic heterocycles. The molecule has 0 saturated carbocycles. The van der Waals surface area contributed by atoms with E-state index < -0.39 is 17.3 Å². The van der Waals surface area contributed by atoms with Gasteiger partial charge in [-0.15, -0.1) is 0 Å². The number of carbonyl (C=O) groups excluding carboxylic acids is 1. The first-order chi connectivity index (χ1) is 9.95. The van der Waals surface area contributed by atoms with E-state index in [1.807, 2.05) is 19.1 Å². The van der Waals surface area contributed by atoms with Gasteiger partial charge in [0.05, 0.1) is 5.56 Å². The van der Waals surface area contributed by atoms with Crippen molar-refractivity contribution in [2.45, 2.75) is 19.5 Å². The van der Waals surface area contributed by atoms with Gasteiger partial charge >= 0.3 is 6.18 Å². The van der Waals surface area contributed by atoms with Gasteiger partial charge in [0.1, 0.15) is 11.5 Å². The molecule has 2 aromatic rings. The van der Waals surface area contributed by atoms with E-state index in [0.717, 1.165) is 17.7 Å². The molecular weight excluding hydrogens is 281 g/mol. The number of ether oxygens (including phenoxy) is 1. The largest absolute Gasteiger partial charge is 0.457 e. The average molecular weight is 294 g/mol. The molecule has 5 heteroatoms. The lowest BCUT2D eigenvalue weighted by Crippen LogP contribution is -2.09. The maximum absolute atomic E-state index is 12.9. The predicted octanol–water partition coefficient (Wildman–Crippen LogP) is 4.87. The minimum Gasteiger partial charge on any atom is -0.457 e. The molecule has 2 aromatic carbocycles. The van der Waals surface area contributed by atoms with Crippen LogP contribution in [0.1, 0.15) is 28.4 Å². The molecule has 0 aromatic heterocycles. The molecule has 0 fully saturated rings. The van der Waals surface area contributed by atoms with Gasteiger partial charge < -0.3 is 4.74 Å². The zero-order chi connectivity index (χ0) is 15.5. The molecule has 2 nitrogen and oxygen atoms in total. The summed E-state index contributed by atoms with van der Waals surface area (Å²) in [5.41, 5.74) is -0.506. The first-order valence-corrected chi connectivity index (χ1v) is 6.38. The summed E-state index contributed by atoms with van der Waals surface area (Å²) in [4.78, 5) is 10.7. The molecule has 0 atom stereocenters. The third-order valence-electron chi connectivity index (χ3n) is 3.04. The molecule has 0 N–H and O–H groups in total. The van der Waals surface area contributed by atoms with Gasteiger partial charge in [-0.3, -0.25) is 4.79 Å². The van der Waals surface area contributed by atoms with Crippen LogP contribution in [0.15, 0.2) is 42.5 Å². The molecule has 2 rings (SSSR count). The molecule has 0 aliphatic rings. The third-order valence-corrected chi connectivity index (χ3v) is 3.04. The molecule has 0 amide bonds. The van der Waals surface area contributed by atoms with Crippen LogP contribution in [0.25, 0.3) is 0 Å². The number of halogens is 3. The van der Waals surface area contributed by atoms with E-state index in [1.165, 1.54) is 6.07 Å². The Morgan fingerprint density at radius 3 is 2.48 bits per heavy atom. The highest BCUT2D eigenvalue weighted by Gasteiger charge is 2.33. The number of hydrogen-bond acceptors (Lipinski definition) is 2. The van der Waals surface area contributed by atoms with E-state index in [0.29, 0.717) is 12.2 Å². The zero-order valence-corrected chi connectivity index (χ0v) is 11.3. The fraction of sp³-hybridized carbons (Fsp3) is 0.188. The van der Waals surface area contributed by atoms with Crippen molar-refractivity contribution < 1.29 is 22.7 Å². The van der Waals surface area contributed by atoms with Crippen LogP contribution in [-0.4, -0.2) is 6.29 Å². The summed E-state index contributed by atoms with van der Waals surface area (Å²) in [6, 6.07) is 10.4. The van der Waals surface area contributed by atoms with Crippen LogP contribution >= 0.6 is 0 Å². The summed E-state index contributed by atoms with van der Waals surface area (Å²) < 4.78 is 44.2. The topological polar surface area (TPSA) is 26.3 Å². The van der Waals surface area contributed by atoms with Crippen LogP contribution in [0.2, 0.25) is 0 Å². The van der Waals surface area contributed by atoms with Crippen LogP contribution in [0.3, 0.4) is 0 Å². The van der Waals surface area contributed by atoms with E-state index >= 15 is 0 Å². The molecule has 0 unspecified atom stereocenters. The second-order valence-corrected chi connectivity index (χ2v) is 4.43. The summed E-state index contributed by atoms with van der Waals surface area (Å²) in [7, 11) is 0. The summed E-state index contributed by atoms with van der Waals surface area (Å²) in [6.45, 7) is 1.93. The average Bonchev–Trinajstić information content (AvgIpc) is 2.47. The van der Waals surface area contributed by atoms with Crippen LogP contribution < -0.4 is 4.74 Å². The lowest BCUT2D eigenvalue weighted by molar-refractivity contribution is -0.137. The summed E-state index contributed by atoms with van der Waals surface area (Å²) >= 11 is 0. The highest BCUT2D eigenvalue weighted by atomic mass is 19.4. The van der Waals surface area contributed by atoms with Crippen LogP contribution in [0.5, 0.6) is 11.5 Å². The van der Waals surface area contributed by atoms with Crippen LogP contribution in [-0.2, 0) is 12.6 Å². The third kappa shape index (κ3) is 3.42. The second-order valence-electron chi connectivity index (χ2n) is 4.43. The molecule has 0 bridgehead atoms. The number of para-hydroxylation sites is 1. The first kappa shape index (κ1) is 15.1. The van der Waals surface area contributed by atoms with E-state index in [4.69, 9.17) is 4.74 Å². The van der Waals surface area contributed by atoms with Gasteiger partial charge in [0.25, 0.3) is 0 Å². The minimum absolute atomic E-state index is 0.0498. The van der Waals surface area contributed by atoms with Crippen molar-refractivity contribution in [1.29, 1.82) is 0 Å². The van der Waals surface area contributed by atoms with Crippen molar-refractivity contribution in [3.8, 4) is 11.5 Å². The molecule has 0 aliphatic carbocycles. The maximum atomic E-state index is 12.9. The van der Waals surface area contributed by atoms with Crippen molar-refractivity contribution in [2.24, 2.45) is 0 Å². The Labute approximate surface area is 120 Å². The number of rotatable bonds is 4. The highest BCUT2D eigenvalue weighted by Crippen LogP contribution is 2.35. The van der Waals surface area contributed by atoms with E-state index in [2.05, 4.69) is 0 Å². The van der Waals surface area contributed by atoms with Gasteiger partial charge in [0.2, 0.25) is 0 Å². The van der Waals surface area contributed by atoms with Gasteiger partial charge in [0, 0.05) is 5.56 Å². The van der Waals surface area contributed by atoms with Crippen LogP contribution in [0.4, 0.5) is 13.2 Å². The Morgan fingerprint density at radius 1 is 1.14 bits per heavy atom. The predicted molar refractivity (Wildman–Crippen MR) is 72.7 cm³/mol. The molecule has 0 radical (unpaired) electrons. The molecule has 0 heterocycles. The Balaban J connectivity index is 2.40. The SMILES string of the molecule is CCc1ccccc1Oc1ccc(C=O)c(C(F)(F)F)c1. The maximum Gasteiger partial charge on any atom is 0.417 e. The standard InChI is InChI=1S/C16H13F3O2/c1-2-11-5-3-4-6-15(11)21-13-8-7-12(10-20)14(9-13)16(17,18)19/h3-10H,2H2,1H3. The Kier molecular flexibility index (Phi) is 4.31. The van der Waals surface area contributed by atoms with Crippen molar-refractivity contribution in [2.75, 3.05) is 0 Å². The van der Waals surface area contributed by atoms with Gasteiger partial charge in [-0.2, -0.15) is 13.2 Å². The lowest BCUT2D eigenvalue weighted by atomic mass is 10.1. The highest BCUT2D eigenvalue weighted by molar-refractivity contribution is 5.78. The summed E-state index contributed by atoms with van der Waals surface area (Å²) in [6.07, 6.45) is -3.71. The fourth-order valence-corrected chi connectivity index (χ4v) is 1.97. The van der Waals surface area contributed by atoms with Crippen molar-refractivity contribution in [3.63, 3.8) is 0 Å². The first-order valence-electron chi connectivity index (χ1n) is 6.38.